The molecule has 0 radical (unpaired) electrons. The van der Waals surface area contributed by atoms with Gasteiger partial charge in [-0.2, -0.15) is 4.37 Å². The van der Waals surface area contributed by atoms with Crippen LogP contribution in [0.1, 0.15) is 25.2 Å². The molecule has 0 unspecified atom stereocenters. The summed E-state index contributed by atoms with van der Waals surface area (Å²) in [5, 5.41) is 6.89. The van der Waals surface area contributed by atoms with Gasteiger partial charge in [-0.05, 0) is 32.9 Å². The summed E-state index contributed by atoms with van der Waals surface area (Å²) < 4.78 is 33.1. The molecule has 0 aromatic carbocycles. The number of carbonyl (C=O) groups is 1. The summed E-state index contributed by atoms with van der Waals surface area (Å²) >= 11 is 0.997. The first-order chi connectivity index (χ1) is 12.9. The number of carbonyl (C=O) groups excluding carboxylic acids is 1. The first kappa shape index (κ1) is 18.8. The van der Waals surface area contributed by atoms with Crippen molar-refractivity contribution in [1.82, 2.24) is 19.8 Å². The standard InChI is InChI=1S/C17H17FN4O4S/c1-9(2)20-17(23)25-15-6-14(22-27-15)24-8-12-10(3)26-21-16(12)13-5-4-11(18)7-19-13/h4-7,9H,8H2,1-3H3,(H,20,23). The van der Waals surface area contributed by atoms with E-state index in [4.69, 9.17) is 14.0 Å². The Labute approximate surface area is 158 Å². The normalized spacial score (nSPS) is 10.9. The molecule has 1 amide bonds. The minimum absolute atomic E-state index is 0.0313. The first-order valence-corrected chi connectivity index (χ1v) is 8.84. The maximum Gasteiger partial charge on any atom is 0.413 e. The third-order valence-electron chi connectivity index (χ3n) is 3.39. The fraction of sp³-hybridized carbons (Fsp3) is 0.294. The number of nitrogens with zero attached hydrogens (tertiary/aromatic N) is 3. The van der Waals surface area contributed by atoms with Crippen LogP contribution in [-0.2, 0) is 6.61 Å². The van der Waals surface area contributed by atoms with Crippen LogP contribution >= 0.6 is 11.5 Å². The molecule has 10 heteroatoms. The monoisotopic (exact) mass is 392 g/mol. The topological polar surface area (TPSA) is 99.4 Å². The van der Waals surface area contributed by atoms with Gasteiger partial charge in [-0.15, -0.1) is 0 Å². The van der Waals surface area contributed by atoms with Gasteiger partial charge in [-0.3, -0.25) is 4.98 Å². The van der Waals surface area contributed by atoms with Crippen molar-refractivity contribution in [2.24, 2.45) is 0 Å². The van der Waals surface area contributed by atoms with Crippen LogP contribution in [0.3, 0.4) is 0 Å². The number of aryl methyl sites for hydroxylation is 1. The number of aromatic nitrogens is 3. The quantitative estimate of drug-likeness (QED) is 0.682. The van der Waals surface area contributed by atoms with Crippen molar-refractivity contribution in [3.8, 4) is 22.3 Å². The molecule has 0 aliphatic rings. The van der Waals surface area contributed by atoms with Gasteiger partial charge in [0, 0.05) is 17.6 Å². The Kier molecular flexibility index (Phi) is 5.65. The van der Waals surface area contributed by atoms with E-state index in [2.05, 4.69) is 19.8 Å². The molecule has 8 nitrogen and oxygen atoms in total. The second-order valence-corrected chi connectivity index (χ2v) is 6.66. The molecule has 3 rings (SSSR count). The van der Waals surface area contributed by atoms with Gasteiger partial charge in [0.15, 0.2) is 0 Å². The van der Waals surface area contributed by atoms with E-state index in [9.17, 15) is 9.18 Å². The zero-order chi connectivity index (χ0) is 19.4. The largest absolute Gasteiger partial charge is 0.472 e. The zero-order valence-corrected chi connectivity index (χ0v) is 15.7. The van der Waals surface area contributed by atoms with Crippen LogP contribution < -0.4 is 14.8 Å². The van der Waals surface area contributed by atoms with Crippen molar-refractivity contribution < 1.29 is 23.2 Å². The number of ether oxygens (including phenoxy) is 2. The minimum Gasteiger partial charge on any atom is -0.472 e. The van der Waals surface area contributed by atoms with E-state index >= 15 is 0 Å². The molecule has 0 atom stereocenters. The molecule has 3 heterocycles. The van der Waals surface area contributed by atoms with Gasteiger partial charge in [0.25, 0.3) is 0 Å². The van der Waals surface area contributed by atoms with Crippen molar-refractivity contribution in [3.05, 3.63) is 41.5 Å². The molecule has 0 aliphatic carbocycles. The Bertz CT molecular complexity index is 923. The molecule has 142 valence electrons. The number of halogens is 1. The molecule has 3 aromatic rings. The van der Waals surface area contributed by atoms with Crippen LogP contribution in [0.15, 0.2) is 28.9 Å². The Balaban J connectivity index is 1.67. The number of nitrogens with one attached hydrogen (secondary N) is 1. The number of pyridine rings is 1. The molecule has 0 bridgehead atoms. The van der Waals surface area contributed by atoms with Gasteiger partial charge in [0.1, 0.15) is 23.9 Å². The molecular weight excluding hydrogens is 375 g/mol. The molecule has 0 spiro atoms. The summed E-state index contributed by atoms with van der Waals surface area (Å²) in [6.45, 7) is 5.52. The lowest BCUT2D eigenvalue weighted by molar-refractivity contribution is 0.199. The highest BCUT2D eigenvalue weighted by molar-refractivity contribution is 7.08. The van der Waals surface area contributed by atoms with Crippen LogP contribution in [0.25, 0.3) is 11.4 Å². The first-order valence-electron chi connectivity index (χ1n) is 8.07. The van der Waals surface area contributed by atoms with Gasteiger partial charge in [-0.25, -0.2) is 9.18 Å². The second-order valence-electron chi connectivity index (χ2n) is 5.89. The Morgan fingerprint density at radius 2 is 2.22 bits per heavy atom. The van der Waals surface area contributed by atoms with Gasteiger partial charge in [-0.1, -0.05) is 5.16 Å². The third-order valence-corrected chi connectivity index (χ3v) is 4.04. The van der Waals surface area contributed by atoms with Crippen molar-refractivity contribution in [2.75, 3.05) is 0 Å². The Morgan fingerprint density at radius 1 is 1.41 bits per heavy atom. The molecule has 0 saturated heterocycles. The van der Waals surface area contributed by atoms with Crippen molar-refractivity contribution in [1.29, 1.82) is 0 Å². The molecule has 0 fully saturated rings. The fourth-order valence-electron chi connectivity index (χ4n) is 2.14. The lowest BCUT2D eigenvalue weighted by atomic mass is 10.1. The van der Waals surface area contributed by atoms with E-state index in [1.165, 1.54) is 18.2 Å². The predicted octanol–water partition coefficient (Wildman–Crippen LogP) is 3.72. The summed E-state index contributed by atoms with van der Waals surface area (Å²) in [7, 11) is 0. The fourth-order valence-corrected chi connectivity index (χ4v) is 2.69. The predicted molar refractivity (Wildman–Crippen MR) is 95.2 cm³/mol. The Morgan fingerprint density at radius 3 is 2.93 bits per heavy atom. The Hall–Kier alpha value is -3.01. The van der Waals surface area contributed by atoms with Crippen LogP contribution in [0, 0.1) is 12.7 Å². The van der Waals surface area contributed by atoms with E-state index in [-0.39, 0.29) is 12.6 Å². The van der Waals surface area contributed by atoms with E-state index in [0.29, 0.717) is 33.7 Å². The van der Waals surface area contributed by atoms with E-state index in [1.54, 1.807) is 6.92 Å². The van der Waals surface area contributed by atoms with E-state index in [1.807, 2.05) is 13.8 Å². The summed E-state index contributed by atoms with van der Waals surface area (Å²) in [5.41, 5.74) is 1.61. The minimum atomic E-state index is -0.556. The van der Waals surface area contributed by atoms with Crippen LogP contribution in [0.2, 0.25) is 0 Å². The van der Waals surface area contributed by atoms with Gasteiger partial charge in [0.05, 0.1) is 23.5 Å². The summed E-state index contributed by atoms with van der Waals surface area (Å²) in [5.74, 6) is 0.415. The summed E-state index contributed by atoms with van der Waals surface area (Å²) in [6, 6.07) is 4.29. The molecule has 0 aliphatic heterocycles. The molecule has 3 aromatic heterocycles. The number of amides is 1. The molecular formula is C17H17FN4O4S. The van der Waals surface area contributed by atoms with Crippen molar-refractivity contribution in [2.45, 2.75) is 33.4 Å². The number of hydrogen-bond donors (Lipinski definition) is 1. The average Bonchev–Trinajstić information content (AvgIpc) is 3.19. The van der Waals surface area contributed by atoms with Crippen molar-refractivity contribution >= 4 is 17.6 Å². The molecule has 27 heavy (non-hydrogen) atoms. The van der Waals surface area contributed by atoms with Crippen LogP contribution in [0.5, 0.6) is 10.9 Å². The van der Waals surface area contributed by atoms with Crippen LogP contribution in [0.4, 0.5) is 9.18 Å². The zero-order valence-electron chi connectivity index (χ0n) is 14.9. The van der Waals surface area contributed by atoms with Gasteiger partial charge < -0.3 is 19.3 Å². The third kappa shape index (κ3) is 4.79. The summed E-state index contributed by atoms with van der Waals surface area (Å²) in [4.78, 5) is 15.6. The average molecular weight is 392 g/mol. The smallest absolute Gasteiger partial charge is 0.413 e. The lowest BCUT2D eigenvalue weighted by Gasteiger charge is -2.06. The van der Waals surface area contributed by atoms with E-state index < -0.39 is 11.9 Å². The summed E-state index contributed by atoms with van der Waals surface area (Å²) in [6.07, 6.45) is 0.552. The highest BCUT2D eigenvalue weighted by atomic mass is 32.1. The molecule has 0 saturated carbocycles. The van der Waals surface area contributed by atoms with Gasteiger partial charge >= 0.3 is 6.09 Å². The number of rotatable bonds is 6. The lowest BCUT2D eigenvalue weighted by Crippen LogP contribution is -2.32. The van der Waals surface area contributed by atoms with E-state index in [0.717, 1.165) is 17.7 Å². The van der Waals surface area contributed by atoms with Crippen LogP contribution in [-0.4, -0.2) is 26.6 Å². The SMILES string of the molecule is Cc1onc(-c2ccc(F)cn2)c1COc1cc(OC(=O)NC(C)C)sn1. The highest BCUT2D eigenvalue weighted by Crippen LogP contribution is 2.28. The van der Waals surface area contributed by atoms with Gasteiger partial charge in [0.2, 0.25) is 10.9 Å². The van der Waals surface area contributed by atoms with Crippen molar-refractivity contribution in [3.63, 3.8) is 0 Å². The number of hydrogen-bond acceptors (Lipinski definition) is 8. The molecule has 1 N–H and O–H groups in total. The maximum absolute atomic E-state index is 13.1. The second kappa shape index (κ2) is 8.12. The highest BCUT2D eigenvalue weighted by Gasteiger charge is 2.18. The maximum atomic E-state index is 13.1.